The van der Waals surface area contributed by atoms with E-state index in [1.807, 2.05) is 0 Å². The Morgan fingerprint density at radius 2 is 1.93 bits per heavy atom. The molecule has 2 aliphatic rings. The van der Waals surface area contributed by atoms with Crippen LogP contribution in [0.3, 0.4) is 0 Å². The summed E-state index contributed by atoms with van der Waals surface area (Å²) in [4.78, 5) is 43.4. The minimum atomic E-state index is -0.664. The number of hydrogen-bond acceptors (Lipinski definition) is 5. The molecule has 0 aromatic carbocycles. The van der Waals surface area contributed by atoms with E-state index in [0.29, 0.717) is 11.3 Å². The van der Waals surface area contributed by atoms with Crippen molar-refractivity contribution in [2.45, 2.75) is 52.1 Å². The molecule has 6 nitrogen and oxygen atoms in total. The van der Waals surface area contributed by atoms with Crippen molar-refractivity contribution in [2.75, 3.05) is 6.54 Å². The number of ether oxygens (including phenoxy) is 1. The molecule has 0 bridgehead atoms. The number of carbonyl (C=O) groups is 3. The maximum absolute atomic E-state index is 13.0. The molecular formula is C21H26N2O4. The van der Waals surface area contributed by atoms with Crippen LogP contribution in [0.4, 0.5) is 4.79 Å². The molecule has 3 rings (SSSR count). The highest BCUT2D eigenvalue weighted by molar-refractivity contribution is 6.06. The first-order chi connectivity index (χ1) is 12.8. The predicted molar refractivity (Wildman–Crippen MR) is 100 cm³/mol. The molecule has 1 aromatic heterocycles. The van der Waals surface area contributed by atoms with E-state index in [4.69, 9.17) is 4.74 Å². The van der Waals surface area contributed by atoms with Crippen molar-refractivity contribution >= 4 is 17.8 Å². The molecule has 27 heavy (non-hydrogen) atoms. The lowest BCUT2D eigenvalue weighted by atomic mass is 9.72. The molecule has 2 atom stereocenters. The normalized spacial score (nSPS) is 23.1. The van der Waals surface area contributed by atoms with Gasteiger partial charge >= 0.3 is 6.09 Å². The third-order valence-electron chi connectivity index (χ3n) is 5.02. The molecular weight excluding hydrogens is 344 g/mol. The number of pyridine rings is 1. The Morgan fingerprint density at radius 3 is 2.59 bits per heavy atom. The van der Waals surface area contributed by atoms with Crippen LogP contribution in [-0.4, -0.2) is 39.8 Å². The molecule has 1 saturated carbocycles. The van der Waals surface area contributed by atoms with Gasteiger partial charge in [-0.1, -0.05) is 25.0 Å². The molecule has 6 heteroatoms. The lowest BCUT2D eigenvalue weighted by Crippen LogP contribution is -2.40. The highest BCUT2D eigenvalue weighted by Crippen LogP contribution is 2.39. The third kappa shape index (κ3) is 4.26. The second-order valence-corrected chi connectivity index (χ2v) is 8.13. The van der Waals surface area contributed by atoms with Crippen LogP contribution in [0.25, 0.3) is 0 Å². The number of amides is 2. The fourth-order valence-corrected chi connectivity index (χ4v) is 3.82. The summed E-state index contributed by atoms with van der Waals surface area (Å²) >= 11 is 0. The van der Waals surface area contributed by atoms with E-state index in [-0.39, 0.29) is 30.1 Å². The number of nitrogens with zero attached hydrogens (tertiary/aromatic N) is 2. The van der Waals surface area contributed by atoms with Crippen LogP contribution >= 0.6 is 0 Å². The van der Waals surface area contributed by atoms with Gasteiger partial charge in [0.15, 0.2) is 5.78 Å². The molecule has 0 saturated heterocycles. The molecule has 0 spiro atoms. The largest absolute Gasteiger partial charge is 0.443 e. The Kier molecular flexibility index (Phi) is 5.44. The van der Waals surface area contributed by atoms with Crippen LogP contribution in [-0.2, 0) is 9.53 Å². The fourth-order valence-electron chi connectivity index (χ4n) is 3.82. The Bertz CT molecular complexity index is 764. The molecule has 1 aromatic rings. The van der Waals surface area contributed by atoms with E-state index in [9.17, 15) is 14.4 Å². The monoisotopic (exact) mass is 370 g/mol. The van der Waals surface area contributed by atoms with E-state index in [1.165, 1.54) is 0 Å². The maximum Gasteiger partial charge on any atom is 0.417 e. The standard InChI is InChI=1S/C21H26N2O4/c1-21(2,3)27-20(26)23-13-11-16(19(23)25)14-8-4-5-9-15(14)18(24)17-10-6-7-12-22-17/h6-7,10-12,14-15H,4-5,8-9,13H2,1-3H3/t14-,15+/m0/s1. The summed E-state index contributed by atoms with van der Waals surface area (Å²) in [5.41, 5.74) is 0.335. The van der Waals surface area contributed by atoms with E-state index < -0.39 is 11.7 Å². The van der Waals surface area contributed by atoms with Crippen LogP contribution in [0.2, 0.25) is 0 Å². The van der Waals surface area contributed by atoms with Gasteiger partial charge in [0.2, 0.25) is 0 Å². The van der Waals surface area contributed by atoms with Crippen molar-refractivity contribution in [3.63, 3.8) is 0 Å². The van der Waals surface area contributed by atoms with E-state index in [0.717, 1.165) is 30.6 Å². The van der Waals surface area contributed by atoms with Gasteiger partial charge in [-0.3, -0.25) is 14.6 Å². The van der Waals surface area contributed by atoms with Gasteiger partial charge in [-0.15, -0.1) is 0 Å². The van der Waals surface area contributed by atoms with Gasteiger partial charge in [-0.05, 0) is 51.7 Å². The minimum Gasteiger partial charge on any atom is -0.443 e. The average molecular weight is 370 g/mol. The van der Waals surface area contributed by atoms with Crippen molar-refractivity contribution in [1.29, 1.82) is 0 Å². The topological polar surface area (TPSA) is 76.6 Å². The molecule has 0 N–H and O–H groups in total. The Labute approximate surface area is 159 Å². The summed E-state index contributed by atoms with van der Waals surface area (Å²) in [7, 11) is 0. The molecule has 0 radical (unpaired) electrons. The Hall–Kier alpha value is -2.50. The SMILES string of the molecule is CC(C)(C)OC(=O)N1CC=C([C@H]2CCCC[C@H]2C(=O)c2ccccn2)C1=O. The van der Waals surface area contributed by atoms with Gasteiger partial charge in [-0.25, -0.2) is 9.69 Å². The van der Waals surface area contributed by atoms with Crippen molar-refractivity contribution in [1.82, 2.24) is 9.88 Å². The highest BCUT2D eigenvalue weighted by atomic mass is 16.6. The zero-order valence-corrected chi connectivity index (χ0v) is 16.1. The quantitative estimate of drug-likeness (QED) is 0.757. The average Bonchev–Trinajstić information content (AvgIpc) is 3.02. The zero-order chi connectivity index (χ0) is 19.6. The Balaban J connectivity index is 1.77. The van der Waals surface area contributed by atoms with Crippen LogP contribution in [0.1, 0.15) is 56.9 Å². The summed E-state index contributed by atoms with van der Waals surface area (Å²) < 4.78 is 5.33. The molecule has 2 heterocycles. The van der Waals surface area contributed by atoms with Gasteiger partial charge in [-0.2, -0.15) is 0 Å². The zero-order valence-electron chi connectivity index (χ0n) is 16.1. The number of Topliss-reactive ketones (excluding diaryl/α,β-unsaturated/α-hetero) is 1. The number of carbonyl (C=O) groups excluding carboxylic acids is 3. The molecule has 2 amide bonds. The second kappa shape index (κ2) is 7.62. The first-order valence-corrected chi connectivity index (χ1v) is 9.48. The van der Waals surface area contributed by atoms with Crippen molar-refractivity contribution < 1.29 is 19.1 Å². The van der Waals surface area contributed by atoms with Crippen LogP contribution in [0.5, 0.6) is 0 Å². The summed E-state index contributed by atoms with van der Waals surface area (Å²) in [5, 5.41) is 0. The third-order valence-corrected chi connectivity index (χ3v) is 5.02. The first-order valence-electron chi connectivity index (χ1n) is 9.48. The van der Waals surface area contributed by atoms with Gasteiger partial charge in [0, 0.05) is 17.7 Å². The van der Waals surface area contributed by atoms with E-state index in [1.54, 1.807) is 51.2 Å². The molecule has 0 unspecified atom stereocenters. The number of rotatable bonds is 3. The smallest absolute Gasteiger partial charge is 0.417 e. The molecule has 1 aliphatic heterocycles. The first kappa shape index (κ1) is 19.3. The van der Waals surface area contributed by atoms with Gasteiger partial charge in [0.05, 0.1) is 6.54 Å². The van der Waals surface area contributed by atoms with Crippen LogP contribution < -0.4 is 0 Å². The van der Waals surface area contributed by atoms with Gasteiger partial charge < -0.3 is 4.74 Å². The van der Waals surface area contributed by atoms with Crippen molar-refractivity contribution in [2.24, 2.45) is 11.8 Å². The molecule has 1 fully saturated rings. The predicted octanol–water partition coefficient (Wildman–Crippen LogP) is 3.77. The number of hydrogen-bond donors (Lipinski definition) is 0. The molecule has 1 aliphatic carbocycles. The van der Waals surface area contributed by atoms with Crippen LogP contribution in [0, 0.1) is 11.8 Å². The van der Waals surface area contributed by atoms with Crippen molar-refractivity contribution in [3.8, 4) is 0 Å². The summed E-state index contributed by atoms with van der Waals surface area (Å²) in [6.07, 6.45) is 6.17. The highest BCUT2D eigenvalue weighted by Gasteiger charge is 2.41. The van der Waals surface area contributed by atoms with Crippen molar-refractivity contribution in [3.05, 3.63) is 41.7 Å². The Morgan fingerprint density at radius 1 is 1.19 bits per heavy atom. The summed E-state index contributed by atoms with van der Waals surface area (Å²) in [6, 6.07) is 5.28. The molecule has 144 valence electrons. The van der Waals surface area contributed by atoms with Gasteiger partial charge in [0.1, 0.15) is 11.3 Å². The minimum absolute atomic E-state index is 0.0234. The maximum atomic E-state index is 13.0. The lowest BCUT2D eigenvalue weighted by Gasteiger charge is -2.31. The number of imide groups is 1. The second-order valence-electron chi connectivity index (χ2n) is 8.13. The summed E-state index contributed by atoms with van der Waals surface area (Å²) in [6.45, 7) is 5.50. The summed E-state index contributed by atoms with van der Waals surface area (Å²) in [5.74, 6) is -0.810. The van der Waals surface area contributed by atoms with E-state index >= 15 is 0 Å². The van der Waals surface area contributed by atoms with Gasteiger partial charge in [0.25, 0.3) is 5.91 Å². The number of aromatic nitrogens is 1. The fraction of sp³-hybridized carbons (Fsp3) is 0.524. The van der Waals surface area contributed by atoms with E-state index in [2.05, 4.69) is 4.98 Å². The number of ketones is 1. The van der Waals surface area contributed by atoms with Crippen LogP contribution in [0.15, 0.2) is 36.0 Å². The lowest BCUT2D eigenvalue weighted by molar-refractivity contribution is -0.125.